The van der Waals surface area contributed by atoms with Gasteiger partial charge in [-0.1, -0.05) is 0 Å². The molecule has 7 nitrogen and oxygen atoms in total. The maximum atomic E-state index is 15.9. The Morgan fingerprint density at radius 2 is 1.00 bits per heavy atom. The second-order valence-corrected chi connectivity index (χ2v) is 10.7. The van der Waals surface area contributed by atoms with E-state index in [2.05, 4.69) is 14.4 Å². The zero-order valence-electron chi connectivity index (χ0n) is 25.2. The molecule has 0 N–H and O–H groups in total. The molecule has 0 saturated carbocycles. The maximum Gasteiger partial charge on any atom is 0.573 e. The second-order valence-electron chi connectivity index (χ2n) is 10.7. The van der Waals surface area contributed by atoms with Gasteiger partial charge in [-0.25, -0.2) is 35.1 Å². The van der Waals surface area contributed by atoms with E-state index in [4.69, 9.17) is 23.7 Å². The third-order valence-corrected chi connectivity index (χ3v) is 8.22. The highest BCUT2D eigenvalue weighted by molar-refractivity contribution is 5.92. The lowest BCUT2D eigenvalue weighted by Gasteiger charge is -2.19. The Morgan fingerprint density at radius 3 is 1.37 bits per heavy atom. The molecule has 52 heavy (non-hydrogen) atoms. The molecule has 0 saturated heterocycles. The lowest BCUT2D eigenvalue weighted by atomic mass is 9.85. The van der Waals surface area contributed by atoms with Crippen molar-refractivity contribution in [2.24, 2.45) is 0 Å². The van der Waals surface area contributed by atoms with E-state index in [-0.39, 0.29) is 0 Å². The van der Waals surface area contributed by atoms with Gasteiger partial charge < -0.3 is 4.74 Å². The van der Waals surface area contributed by atoms with Gasteiger partial charge in [0.25, 0.3) is 0 Å². The highest BCUT2D eigenvalue weighted by Crippen LogP contribution is 2.44. The Kier molecular flexibility index (Phi) is 8.78. The van der Waals surface area contributed by atoms with Crippen LogP contribution in [0.1, 0.15) is 29.2 Å². The molecule has 0 heterocycles. The molecule has 5 rings (SSSR count). The van der Waals surface area contributed by atoms with Crippen molar-refractivity contribution in [1.82, 2.24) is 0 Å². The number of allylic oxidation sites excluding steroid dienone is 2. The average molecular weight is 724 g/mol. The minimum atomic E-state index is -5.81. The normalized spacial score (nSPS) is 13.0. The number of ether oxygens (including phenoxy) is 1. The third-order valence-electron chi connectivity index (χ3n) is 8.22. The highest BCUT2D eigenvalue weighted by Gasteiger charge is 2.43. The molecule has 0 bridgehead atoms. The van der Waals surface area contributed by atoms with Gasteiger partial charge in [0.1, 0.15) is 59.9 Å². The molecular weight excluding hydrogens is 717 g/mol. The summed E-state index contributed by atoms with van der Waals surface area (Å²) in [4.78, 5) is 5.97. The topological polar surface area (TPSA) is 113 Å². The number of hydrogen-bond donors (Lipinski definition) is 0. The molecule has 0 aliphatic heterocycles. The largest absolute Gasteiger partial charge is 0.573 e. The molecule has 0 aromatic heterocycles. The molecule has 256 valence electrons. The van der Waals surface area contributed by atoms with E-state index in [0.29, 0.717) is 0 Å². The van der Waals surface area contributed by atoms with Crippen LogP contribution in [-0.2, 0) is 17.6 Å². The molecule has 0 unspecified atom stereocenters. The van der Waals surface area contributed by atoms with E-state index in [1.165, 1.54) is 12.1 Å². The summed E-state index contributed by atoms with van der Waals surface area (Å²) < 4.78 is 170. The zero-order chi connectivity index (χ0) is 38.7. The van der Waals surface area contributed by atoms with Crippen molar-refractivity contribution in [3.63, 3.8) is 0 Å². The van der Waals surface area contributed by atoms with Crippen LogP contribution >= 0.6 is 0 Å². The number of nitriles is 4. The van der Waals surface area contributed by atoms with Crippen molar-refractivity contribution < 1.29 is 53.0 Å². The first-order valence-electron chi connectivity index (χ1n) is 13.7. The first-order valence-corrected chi connectivity index (χ1v) is 13.7. The molecule has 18 heteroatoms. The second kappa shape index (κ2) is 12.6. The van der Waals surface area contributed by atoms with E-state index in [9.17, 15) is 23.7 Å². The van der Waals surface area contributed by atoms with Crippen LogP contribution in [0.25, 0.3) is 43.3 Å². The maximum absolute atomic E-state index is 15.9. The fourth-order valence-electron chi connectivity index (χ4n) is 6.19. The predicted octanol–water partition coefficient (Wildman–Crippen LogP) is 7.20. The van der Waals surface area contributed by atoms with Crippen LogP contribution in [0.5, 0.6) is 0 Å². The number of rotatable bonds is 3. The van der Waals surface area contributed by atoms with Crippen LogP contribution < -0.4 is 10.4 Å². The summed E-state index contributed by atoms with van der Waals surface area (Å²) in [6.45, 7) is 15.8. The summed E-state index contributed by atoms with van der Waals surface area (Å²) in [7, 11) is 0. The molecule has 0 radical (unpaired) electrons. The smallest absolute Gasteiger partial charge is 0.405 e. The van der Waals surface area contributed by atoms with Crippen LogP contribution in [0.2, 0.25) is 0 Å². The van der Waals surface area contributed by atoms with Crippen LogP contribution in [0.3, 0.4) is 0 Å². The summed E-state index contributed by atoms with van der Waals surface area (Å²) >= 11 is 0. The lowest BCUT2D eigenvalue weighted by Crippen LogP contribution is -2.28. The van der Waals surface area contributed by atoms with E-state index in [0.717, 1.165) is 19.1 Å². The quantitative estimate of drug-likeness (QED) is 0.123. The molecule has 0 atom stereocenters. The van der Waals surface area contributed by atoms with Crippen LogP contribution in [0.15, 0.2) is 22.5 Å². The monoisotopic (exact) mass is 724 g/mol. The Morgan fingerprint density at radius 1 is 0.615 bits per heavy atom. The molecule has 0 amide bonds. The van der Waals surface area contributed by atoms with Crippen molar-refractivity contribution in [1.29, 1.82) is 21.0 Å². The van der Waals surface area contributed by atoms with Gasteiger partial charge in [-0.2, -0.15) is 30.7 Å². The number of alkyl halides is 3. The van der Waals surface area contributed by atoms with Gasteiger partial charge in [0.15, 0.2) is 46.5 Å². The first-order chi connectivity index (χ1) is 24.4. The third kappa shape index (κ3) is 5.05. The number of halogens is 11. The van der Waals surface area contributed by atoms with Gasteiger partial charge >= 0.3 is 12.2 Å². The molecule has 3 aromatic rings. The molecule has 0 spiro atoms. The Hall–Kier alpha value is -7.15. The Labute approximate surface area is 282 Å². The van der Waals surface area contributed by atoms with E-state index < -0.39 is 155 Å². The van der Waals surface area contributed by atoms with E-state index >= 15 is 35.1 Å². The van der Waals surface area contributed by atoms with E-state index in [1.807, 2.05) is 0 Å². The highest BCUT2D eigenvalue weighted by atomic mass is 19.4. The molecule has 2 aliphatic carbocycles. The number of benzene rings is 3. The molecule has 3 aromatic carbocycles. The number of nitrogens with zero attached hydrogens (tertiary/aromatic N) is 6. The Bertz CT molecular complexity index is 2610. The molecule has 0 fully saturated rings. The Balaban J connectivity index is 2.31. The predicted molar refractivity (Wildman–Crippen MR) is 151 cm³/mol. The van der Waals surface area contributed by atoms with Gasteiger partial charge in [-0.15, -0.1) is 13.2 Å². The molecular formula is C34H7F11N6O. The van der Waals surface area contributed by atoms with Crippen LogP contribution in [-0.4, -0.2) is 6.36 Å². The van der Waals surface area contributed by atoms with Crippen molar-refractivity contribution in [3.8, 4) is 46.5 Å². The SMILES string of the molecule is [C-]#[N+]C([N+]#[C-])=C1Cc2c(-c3c(F)c(F)c(C#N)c(F)c3F)c3c(c(-c4c(F)c(F)c(C#N)c(F)c4F)c2=C1C)CC(=C(C#N)C#N)C=3OC(F)(F)F. The summed E-state index contributed by atoms with van der Waals surface area (Å²) in [5.74, 6) is -21.4. The van der Waals surface area contributed by atoms with Gasteiger partial charge in [0.05, 0.1) is 16.7 Å². The summed E-state index contributed by atoms with van der Waals surface area (Å²) in [5.41, 5.74) is -14.6. The van der Waals surface area contributed by atoms with Crippen LogP contribution in [0, 0.1) is 105 Å². The minimum absolute atomic E-state index is 0.410. The average Bonchev–Trinajstić information content (AvgIpc) is 3.62. The van der Waals surface area contributed by atoms with Crippen molar-refractivity contribution in [2.45, 2.75) is 26.1 Å². The lowest BCUT2D eigenvalue weighted by molar-refractivity contribution is -0.290. The van der Waals surface area contributed by atoms with Crippen molar-refractivity contribution >= 4 is 11.3 Å². The zero-order valence-corrected chi connectivity index (χ0v) is 25.2. The van der Waals surface area contributed by atoms with Gasteiger partial charge in [0, 0.05) is 22.8 Å². The fourth-order valence-corrected chi connectivity index (χ4v) is 6.19. The minimum Gasteiger partial charge on any atom is -0.405 e. The molecule has 2 aliphatic rings. The van der Waals surface area contributed by atoms with Crippen molar-refractivity contribution in [3.05, 3.63) is 125 Å². The standard InChI is InChI=1S/C34H7F11N6O/c1-10-12(33(50-2)51-3)4-14-18(10)19(22-28(39)24(35)16(8-48)25(36)29(22)40)15-5-13(11(6-46)7-47)32(52-34(43,44)45)21(15)20(14)23-30(41)26(37)17(9-49)27(38)31(23)42/h4-5H2,1H3. The summed E-state index contributed by atoms with van der Waals surface area (Å²) in [5, 5.41) is 35.4. The number of fused-ring (bicyclic) bond motifs is 2. The van der Waals surface area contributed by atoms with Gasteiger partial charge in [-0.05, 0) is 40.8 Å². The van der Waals surface area contributed by atoms with E-state index in [1.54, 1.807) is 0 Å². The van der Waals surface area contributed by atoms with Crippen molar-refractivity contribution in [2.75, 3.05) is 0 Å². The first kappa shape index (κ1) is 36.1. The summed E-state index contributed by atoms with van der Waals surface area (Å²) in [6, 6.07) is 4.24. The van der Waals surface area contributed by atoms with Gasteiger partial charge in [0.2, 0.25) is 0 Å². The van der Waals surface area contributed by atoms with Gasteiger partial charge in [-0.3, -0.25) is 0 Å². The number of hydrogen-bond acceptors (Lipinski definition) is 5. The van der Waals surface area contributed by atoms with Crippen LogP contribution in [0.4, 0.5) is 48.3 Å². The fraction of sp³-hybridized carbons (Fsp3) is 0.118. The summed E-state index contributed by atoms with van der Waals surface area (Å²) in [6.07, 6.45) is -8.07.